The van der Waals surface area contributed by atoms with Crippen molar-refractivity contribution >= 4 is 35.5 Å². The highest BCUT2D eigenvalue weighted by atomic mass is 19.4. The number of fused-ring (bicyclic) bond motifs is 1. The molecule has 0 unspecified atom stereocenters. The molecule has 60 heavy (non-hydrogen) atoms. The summed E-state index contributed by atoms with van der Waals surface area (Å²) in [5, 5.41) is 2.62. The zero-order valence-electron chi connectivity index (χ0n) is 34.9. The SMILES string of the molecule is CCN(C(C)=O)c1ncc(C#Cc2cccc(CC(=O)Nc3ccc(CN4CCN(C)CC4)c(C(F)(F)F)c3)c2)c(-c2cc3c(n2C)CCN(C(=O)OC(C)(C)C)C3=O)n1. The average Bonchev–Trinajstić information content (AvgIpc) is 3.51. The van der Waals surface area contributed by atoms with Crippen LogP contribution in [0.3, 0.4) is 0 Å². The van der Waals surface area contributed by atoms with Crippen LogP contribution in [0.25, 0.3) is 11.4 Å². The molecule has 1 saturated heterocycles. The number of anilines is 2. The summed E-state index contributed by atoms with van der Waals surface area (Å²) in [4.78, 5) is 68.0. The summed E-state index contributed by atoms with van der Waals surface area (Å²) in [6.45, 7) is 11.9. The molecule has 0 atom stereocenters. The lowest BCUT2D eigenvalue weighted by Gasteiger charge is -2.33. The first-order valence-electron chi connectivity index (χ1n) is 19.7. The third kappa shape index (κ3) is 10.2. The van der Waals surface area contributed by atoms with Gasteiger partial charge in [0.2, 0.25) is 17.8 Å². The van der Waals surface area contributed by atoms with E-state index in [0.29, 0.717) is 65.4 Å². The highest BCUT2D eigenvalue weighted by Gasteiger charge is 2.36. The quantitative estimate of drug-likeness (QED) is 0.208. The van der Waals surface area contributed by atoms with E-state index in [2.05, 4.69) is 27.0 Å². The predicted molar refractivity (Wildman–Crippen MR) is 220 cm³/mol. The second-order valence-electron chi connectivity index (χ2n) is 16.0. The largest absolute Gasteiger partial charge is 0.443 e. The molecule has 0 radical (unpaired) electrons. The molecule has 4 heterocycles. The molecule has 2 aliphatic heterocycles. The van der Waals surface area contributed by atoms with Gasteiger partial charge in [-0.1, -0.05) is 30.0 Å². The first-order chi connectivity index (χ1) is 28.3. The van der Waals surface area contributed by atoms with Gasteiger partial charge in [-0.3, -0.25) is 24.2 Å². The maximum Gasteiger partial charge on any atom is 0.417 e. The zero-order chi connectivity index (χ0) is 43.5. The third-order valence-electron chi connectivity index (χ3n) is 10.3. The van der Waals surface area contributed by atoms with Gasteiger partial charge in [-0.2, -0.15) is 13.2 Å². The summed E-state index contributed by atoms with van der Waals surface area (Å²) >= 11 is 0. The molecule has 0 aliphatic carbocycles. The highest BCUT2D eigenvalue weighted by Crippen LogP contribution is 2.35. The molecule has 2 aromatic carbocycles. The monoisotopic (exact) mass is 826 g/mol. The number of hydrogen-bond donors (Lipinski definition) is 1. The Kier molecular flexibility index (Phi) is 12.8. The van der Waals surface area contributed by atoms with Gasteiger partial charge in [0.05, 0.1) is 28.8 Å². The third-order valence-corrected chi connectivity index (χ3v) is 10.3. The van der Waals surface area contributed by atoms with Gasteiger partial charge in [0.25, 0.3) is 5.91 Å². The van der Waals surface area contributed by atoms with Crippen LogP contribution in [0.4, 0.5) is 29.6 Å². The first-order valence-corrected chi connectivity index (χ1v) is 19.7. The number of nitrogens with one attached hydrogen (secondary N) is 1. The van der Waals surface area contributed by atoms with E-state index in [1.807, 2.05) is 16.5 Å². The number of carbonyl (C=O) groups excluding carboxylic acids is 4. The lowest BCUT2D eigenvalue weighted by molar-refractivity contribution is -0.138. The lowest BCUT2D eigenvalue weighted by Crippen LogP contribution is -2.44. The van der Waals surface area contributed by atoms with E-state index in [1.165, 1.54) is 30.2 Å². The van der Waals surface area contributed by atoms with Crippen LogP contribution in [0.15, 0.2) is 54.7 Å². The predicted octanol–water partition coefficient (Wildman–Crippen LogP) is 6.14. The minimum absolute atomic E-state index is 0.0504. The maximum atomic E-state index is 14.2. The van der Waals surface area contributed by atoms with Crippen molar-refractivity contribution in [3.05, 3.63) is 93.8 Å². The molecular formula is C44H49F3N8O5. The number of aromatic nitrogens is 3. The number of alkyl halides is 3. The molecule has 1 fully saturated rings. The van der Waals surface area contributed by atoms with E-state index in [1.54, 1.807) is 65.1 Å². The maximum absolute atomic E-state index is 14.2. The lowest BCUT2D eigenvalue weighted by atomic mass is 10.0. The molecule has 4 amide bonds. The normalized spacial score (nSPS) is 14.9. The van der Waals surface area contributed by atoms with Crippen LogP contribution in [-0.2, 0) is 46.9 Å². The summed E-state index contributed by atoms with van der Waals surface area (Å²) < 4.78 is 49.8. The number of rotatable bonds is 8. The Morgan fingerprint density at radius 3 is 2.37 bits per heavy atom. The Bertz CT molecular complexity index is 2370. The van der Waals surface area contributed by atoms with Gasteiger partial charge in [-0.15, -0.1) is 0 Å². The smallest absolute Gasteiger partial charge is 0.417 e. The molecule has 6 rings (SSSR count). The van der Waals surface area contributed by atoms with Gasteiger partial charge < -0.3 is 19.5 Å². The number of halogens is 3. The Balaban J connectivity index is 1.24. The van der Waals surface area contributed by atoms with Crippen molar-refractivity contribution in [2.75, 3.05) is 56.5 Å². The number of ether oxygens (including phenoxy) is 1. The van der Waals surface area contributed by atoms with E-state index in [9.17, 15) is 32.3 Å². The molecule has 0 spiro atoms. The summed E-state index contributed by atoms with van der Waals surface area (Å²) in [6.07, 6.45) is -3.58. The topological polar surface area (TPSA) is 133 Å². The van der Waals surface area contributed by atoms with Crippen LogP contribution in [0.5, 0.6) is 0 Å². The van der Waals surface area contributed by atoms with Gasteiger partial charge >= 0.3 is 12.3 Å². The fourth-order valence-corrected chi connectivity index (χ4v) is 7.20. The number of imide groups is 1. The van der Waals surface area contributed by atoms with Crippen molar-refractivity contribution in [3.63, 3.8) is 0 Å². The second kappa shape index (κ2) is 17.7. The number of amides is 4. The minimum Gasteiger partial charge on any atom is -0.443 e. The second-order valence-corrected chi connectivity index (χ2v) is 16.0. The summed E-state index contributed by atoms with van der Waals surface area (Å²) in [5.41, 5.74) is 2.00. The molecule has 16 heteroatoms. The van der Waals surface area contributed by atoms with Crippen LogP contribution in [-0.4, -0.2) is 105 Å². The number of benzene rings is 2. The van der Waals surface area contributed by atoms with Gasteiger partial charge in [-0.05, 0) is 76.2 Å². The van der Waals surface area contributed by atoms with Crippen molar-refractivity contribution in [3.8, 4) is 23.2 Å². The van der Waals surface area contributed by atoms with Gasteiger partial charge in [0, 0.05) is 89.3 Å². The number of nitrogens with zero attached hydrogens (tertiary/aromatic N) is 7. The van der Waals surface area contributed by atoms with Crippen LogP contribution in [0, 0.1) is 11.8 Å². The van der Waals surface area contributed by atoms with E-state index in [0.717, 1.165) is 24.1 Å². The van der Waals surface area contributed by atoms with Crippen LogP contribution in [0.2, 0.25) is 0 Å². The van der Waals surface area contributed by atoms with Crippen molar-refractivity contribution in [2.45, 2.75) is 65.8 Å². The minimum atomic E-state index is -4.59. The van der Waals surface area contributed by atoms with Crippen molar-refractivity contribution in [1.29, 1.82) is 0 Å². The van der Waals surface area contributed by atoms with Gasteiger partial charge in [-0.25, -0.2) is 19.7 Å². The van der Waals surface area contributed by atoms with E-state index >= 15 is 0 Å². The van der Waals surface area contributed by atoms with E-state index < -0.39 is 35.2 Å². The van der Waals surface area contributed by atoms with Crippen LogP contribution < -0.4 is 10.2 Å². The van der Waals surface area contributed by atoms with Crippen molar-refractivity contribution in [1.82, 2.24) is 29.2 Å². The van der Waals surface area contributed by atoms with Gasteiger partial charge in [0.1, 0.15) is 11.3 Å². The Morgan fingerprint density at radius 1 is 0.967 bits per heavy atom. The number of piperazine rings is 1. The van der Waals surface area contributed by atoms with Crippen LogP contribution >= 0.6 is 0 Å². The molecule has 4 aromatic rings. The van der Waals surface area contributed by atoms with Gasteiger partial charge in [0.15, 0.2) is 0 Å². The fourth-order valence-electron chi connectivity index (χ4n) is 7.20. The van der Waals surface area contributed by atoms with Crippen molar-refractivity contribution in [2.24, 2.45) is 7.05 Å². The molecule has 316 valence electrons. The standard InChI is InChI=1S/C44H49F3N8O5/c1-8-54(28(2)56)41-48-26-31(39(50-41)37-25-34-36(52(37)7)16-17-55(40(34)58)42(59)60-43(3,4)5)13-12-29-10-9-11-30(22-29)23-38(57)49-33-15-14-32(35(24-33)44(45,46)47)27-53-20-18-51(6)19-21-53/h9-11,14-15,22,24-26H,8,16-21,23,27H2,1-7H3,(H,49,57). The Hall–Kier alpha value is -6.05. The molecule has 2 aromatic heterocycles. The van der Waals surface area contributed by atoms with Crippen molar-refractivity contribution < 1.29 is 37.1 Å². The molecule has 2 aliphatic rings. The van der Waals surface area contributed by atoms with E-state index in [-0.39, 0.29) is 42.6 Å². The fraction of sp³-hybridized carbons (Fsp3) is 0.409. The summed E-state index contributed by atoms with van der Waals surface area (Å²) in [5.74, 6) is 5.09. The zero-order valence-corrected chi connectivity index (χ0v) is 34.9. The average molecular weight is 827 g/mol. The van der Waals surface area contributed by atoms with E-state index in [4.69, 9.17) is 9.72 Å². The Morgan fingerprint density at radius 2 is 1.70 bits per heavy atom. The first kappa shape index (κ1) is 43.5. The molecule has 0 bridgehead atoms. The molecule has 13 nitrogen and oxygen atoms in total. The summed E-state index contributed by atoms with van der Waals surface area (Å²) in [6, 6.07) is 12.5. The Labute approximate surface area is 347 Å². The number of likely N-dealkylation sites (N-methyl/N-ethyl adjacent to an activating group) is 1. The molecule has 0 saturated carbocycles. The molecule has 1 N–H and O–H groups in total. The summed E-state index contributed by atoms with van der Waals surface area (Å²) in [7, 11) is 3.77. The molecular weight excluding hydrogens is 778 g/mol. The van der Waals surface area contributed by atoms with Crippen LogP contribution in [0.1, 0.15) is 78.5 Å². The number of hydrogen-bond acceptors (Lipinski definition) is 9. The number of carbonyl (C=O) groups is 4. The highest BCUT2D eigenvalue weighted by molar-refractivity contribution is 6.05.